The fourth-order valence-electron chi connectivity index (χ4n) is 2.74. The van der Waals surface area contributed by atoms with Crippen molar-refractivity contribution in [3.05, 3.63) is 59.7 Å². The summed E-state index contributed by atoms with van der Waals surface area (Å²) in [6.45, 7) is 2.74. The lowest BCUT2D eigenvalue weighted by Gasteiger charge is -2.20. The van der Waals surface area contributed by atoms with Gasteiger partial charge in [0.1, 0.15) is 18.9 Å². The fourth-order valence-corrected chi connectivity index (χ4v) is 2.74. The highest BCUT2D eigenvalue weighted by molar-refractivity contribution is 6.06. The number of hydrogen-bond donors (Lipinski definition) is 1. The van der Waals surface area contributed by atoms with Gasteiger partial charge in [-0.1, -0.05) is 41.6 Å². The smallest absolute Gasteiger partial charge is 0.261 e. The van der Waals surface area contributed by atoms with Gasteiger partial charge in [0.25, 0.3) is 5.91 Å². The Hall–Kier alpha value is -3.28. The first-order chi connectivity index (χ1) is 12.2. The second-order valence-electron chi connectivity index (χ2n) is 5.64. The van der Waals surface area contributed by atoms with E-state index in [2.05, 4.69) is 10.5 Å². The van der Waals surface area contributed by atoms with Crippen LogP contribution in [0.15, 0.2) is 53.1 Å². The molecule has 0 aliphatic carbocycles. The quantitative estimate of drug-likeness (QED) is 0.790. The van der Waals surface area contributed by atoms with Gasteiger partial charge in [0.05, 0.1) is 5.56 Å². The van der Waals surface area contributed by atoms with Crippen LogP contribution in [0.4, 0.5) is 5.88 Å². The molecule has 3 aromatic rings. The van der Waals surface area contributed by atoms with Crippen molar-refractivity contribution >= 4 is 11.8 Å². The third-order valence-electron chi connectivity index (χ3n) is 4.01. The first-order valence-electron chi connectivity index (χ1n) is 7.95. The van der Waals surface area contributed by atoms with Crippen LogP contribution in [-0.2, 0) is 0 Å². The Morgan fingerprint density at radius 3 is 2.68 bits per heavy atom. The number of amides is 1. The number of nitrogens with one attached hydrogen (secondary N) is 1. The largest absolute Gasteiger partial charge is 0.486 e. The molecule has 1 aliphatic rings. The molecular weight excluding hydrogens is 320 g/mol. The summed E-state index contributed by atoms with van der Waals surface area (Å²) in [5, 5.41) is 6.84. The summed E-state index contributed by atoms with van der Waals surface area (Å²) in [4.78, 5) is 12.6. The normalized spacial score (nSPS) is 12.7. The van der Waals surface area contributed by atoms with Crippen LogP contribution in [0.5, 0.6) is 11.5 Å². The van der Waals surface area contributed by atoms with Crippen molar-refractivity contribution < 1.29 is 18.8 Å². The van der Waals surface area contributed by atoms with Crippen molar-refractivity contribution in [3.8, 4) is 22.8 Å². The summed E-state index contributed by atoms with van der Waals surface area (Å²) in [7, 11) is 0. The molecule has 2 aromatic carbocycles. The molecule has 25 heavy (non-hydrogen) atoms. The van der Waals surface area contributed by atoms with Gasteiger partial charge in [-0.3, -0.25) is 10.1 Å². The maximum absolute atomic E-state index is 12.6. The highest BCUT2D eigenvalue weighted by Gasteiger charge is 2.22. The molecule has 1 amide bonds. The zero-order valence-electron chi connectivity index (χ0n) is 13.6. The van der Waals surface area contributed by atoms with Gasteiger partial charge in [-0.15, -0.1) is 0 Å². The molecule has 1 aromatic heterocycles. The summed E-state index contributed by atoms with van der Waals surface area (Å²) in [6, 6.07) is 14.9. The number of nitrogens with zero attached hydrogens (tertiary/aromatic N) is 1. The molecule has 1 aliphatic heterocycles. The summed E-state index contributed by atoms with van der Waals surface area (Å²) in [5.74, 6) is 1.00. The summed E-state index contributed by atoms with van der Waals surface area (Å²) in [6.07, 6.45) is 0. The number of carbonyl (C=O) groups excluding carboxylic acids is 1. The molecular formula is C19H16N2O4. The Morgan fingerprint density at radius 1 is 1.04 bits per heavy atom. The van der Waals surface area contributed by atoms with E-state index in [4.69, 9.17) is 14.0 Å². The van der Waals surface area contributed by atoms with Crippen LogP contribution in [0, 0.1) is 6.92 Å². The zero-order chi connectivity index (χ0) is 17.2. The minimum atomic E-state index is -0.332. The van der Waals surface area contributed by atoms with Crippen LogP contribution in [0.1, 0.15) is 15.9 Å². The first-order valence-corrected chi connectivity index (χ1v) is 7.95. The molecule has 0 saturated heterocycles. The molecule has 6 nitrogen and oxygen atoms in total. The summed E-state index contributed by atoms with van der Waals surface area (Å²) in [5.41, 5.74) is 2.79. The topological polar surface area (TPSA) is 73.6 Å². The minimum Gasteiger partial charge on any atom is -0.486 e. The number of carbonyl (C=O) groups is 1. The second-order valence-corrected chi connectivity index (χ2v) is 5.64. The standard InChI is InChI=1S/C19H16N2O4/c1-12-16(13-6-3-2-4-7-13)21-25-19(12)20-18(22)14-8-5-9-15-17(14)24-11-10-23-15/h2-9H,10-11H2,1H3,(H,20,22). The van der Waals surface area contributed by atoms with Crippen molar-refractivity contribution in [1.29, 1.82) is 0 Å². The van der Waals surface area contributed by atoms with E-state index in [0.29, 0.717) is 41.9 Å². The molecule has 126 valence electrons. The third kappa shape index (κ3) is 2.82. The average Bonchev–Trinajstić information content (AvgIpc) is 3.02. The van der Waals surface area contributed by atoms with Gasteiger partial charge in [0, 0.05) is 11.1 Å². The number of anilines is 1. The molecule has 0 unspecified atom stereocenters. The van der Waals surface area contributed by atoms with Crippen molar-refractivity contribution in [2.75, 3.05) is 18.5 Å². The highest BCUT2D eigenvalue weighted by Crippen LogP contribution is 2.34. The van der Waals surface area contributed by atoms with E-state index >= 15 is 0 Å². The van der Waals surface area contributed by atoms with E-state index in [9.17, 15) is 4.79 Å². The molecule has 0 fully saturated rings. The predicted molar refractivity (Wildman–Crippen MR) is 92.1 cm³/mol. The Morgan fingerprint density at radius 2 is 1.84 bits per heavy atom. The van der Waals surface area contributed by atoms with E-state index in [-0.39, 0.29) is 5.91 Å². The fraction of sp³-hybridized carbons (Fsp3) is 0.158. The van der Waals surface area contributed by atoms with E-state index in [1.54, 1.807) is 18.2 Å². The van der Waals surface area contributed by atoms with Crippen molar-refractivity contribution in [2.24, 2.45) is 0 Å². The van der Waals surface area contributed by atoms with E-state index in [1.807, 2.05) is 37.3 Å². The van der Waals surface area contributed by atoms with Crippen LogP contribution in [0.2, 0.25) is 0 Å². The van der Waals surface area contributed by atoms with Crippen LogP contribution in [0.25, 0.3) is 11.3 Å². The van der Waals surface area contributed by atoms with Gasteiger partial charge in [-0.25, -0.2) is 0 Å². The van der Waals surface area contributed by atoms with Crippen LogP contribution >= 0.6 is 0 Å². The van der Waals surface area contributed by atoms with Gasteiger partial charge in [0.2, 0.25) is 5.88 Å². The molecule has 4 rings (SSSR count). The molecule has 0 atom stereocenters. The Balaban J connectivity index is 1.61. The van der Waals surface area contributed by atoms with Crippen LogP contribution in [-0.4, -0.2) is 24.3 Å². The molecule has 2 heterocycles. The SMILES string of the molecule is Cc1c(-c2ccccc2)noc1NC(=O)c1cccc2c1OCCO2. The number of fused-ring (bicyclic) bond motifs is 1. The van der Waals surface area contributed by atoms with E-state index in [1.165, 1.54) is 0 Å². The third-order valence-corrected chi connectivity index (χ3v) is 4.01. The Kier molecular flexibility index (Phi) is 3.85. The maximum Gasteiger partial charge on any atom is 0.261 e. The van der Waals surface area contributed by atoms with Crippen molar-refractivity contribution in [1.82, 2.24) is 5.16 Å². The number of ether oxygens (including phenoxy) is 2. The van der Waals surface area contributed by atoms with Crippen molar-refractivity contribution in [3.63, 3.8) is 0 Å². The van der Waals surface area contributed by atoms with Crippen LogP contribution < -0.4 is 14.8 Å². The summed E-state index contributed by atoms with van der Waals surface area (Å²) < 4.78 is 16.4. The number of benzene rings is 2. The van der Waals surface area contributed by atoms with E-state index in [0.717, 1.165) is 11.1 Å². The zero-order valence-corrected chi connectivity index (χ0v) is 13.6. The number of rotatable bonds is 3. The van der Waals surface area contributed by atoms with Crippen LogP contribution in [0.3, 0.4) is 0 Å². The number of hydrogen-bond acceptors (Lipinski definition) is 5. The lowest BCUT2D eigenvalue weighted by Crippen LogP contribution is -2.20. The lowest BCUT2D eigenvalue weighted by molar-refractivity contribution is 0.101. The molecule has 1 N–H and O–H groups in total. The van der Waals surface area contributed by atoms with Gasteiger partial charge in [-0.2, -0.15) is 0 Å². The first kappa shape index (κ1) is 15.3. The number of aromatic nitrogens is 1. The highest BCUT2D eigenvalue weighted by atomic mass is 16.6. The van der Waals surface area contributed by atoms with E-state index < -0.39 is 0 Å². The minimum absolute atomic E-state index is 0.318. The lowest BCUT2D eigenvalue weighted by atomic mass is 10.1. The van der Waals surface area contributed by atoms with Gasteiger partial charge >= 0.3 is 0 Å². The Bertz CT molecular complexity index is 918. The second kappa shape index (κ2) is 6.32. The molecule has 6 heteroatoms. The average molecular weight is 336 g/mol. The number of para-hydroxylation sites is 1. The molecule has 0 bridgehead atoms. The summed E-state index contributed by atoms with van der Waals surface area (Å²) >= 11 is 0. The maximum atomic E-state index is 12.6. The van der Waals surface area contributed by atoms with Gasteiger partial charge in [0.15, 0.2) is 11.5 Å². The Labute approximate surface area is 144 Å². The predicted octanol–water partition coefficient (Wildman–Crippen LogP) is 3.67. The molecule has 0 spiro atoms. The van der Waals surface area contributed by atoms with Gasteiger partial charge in [-0.05, 0) is 19.1 Å². The molecule has 0 saturated carbocycles. The molecule has 0 radical (unpaired) electrons. The monoisotopic (exact) mass is 336 g/mol. The van der Waals surface area contributed by atoms with Crippen molar-refractivity contribution in [2.45, 2.75) is 6.92 Å². The van der Waals surface area contributed by atoms with Gasteiger partial charge < -0.3 is 14.0 Å².